The average molecular weight is 330 g/mol. The number of rotatable bonds is 3. The maximum atomic E-state index is 12.4. The van der Waals surface area contributed by atoms with Gasteiger partial charge in [-0.15, -0.1) is 0 Å². The van der Waals surface area contributed by atoms with E-state index in [2.05, 4.69) is 4.72 Å². The second kappa shape index (κ2) is 5.20. The average Bonchev–Trinajstić information content (AvgIpc) is 2.72. The lowest BCUT2D eigenvalue weighted by Crippen LogP contribution is -2.24. The third kappa shape index (κ3) is 2.59. The van der Waals surface area contributed by atoms with Gasteiger partial charge in [-0.05, 0) is 42.8 Å². The molecule has 1 heterocycles. The van der Waals surface area contributed by atoms with Crippen LogP contribution in [0.25, 0.3) is 0 Å². The molecule has 1 aliphatic heterocycles. The molecule has 0 bridgehead atoms. The predicted molar refractivity (Wildman–Crippen MR) is 84.9 cm³/mol. The highest BCUT2D eigenvalue weighted by Crippen LogP contribution is 2.26. The van der Waals surface area contributed by atoms with Crippen LogP contribution >= 0.6 is 0 Å². The molecule has 2 aromatic rings. The Hall–Kier alpha value is -2.67. The van der Waals surface area contributed by atoms with Gasteiger partial charge in [0, 0.05) is 12.7 Å². The van der Waals surface area contributed by atoms with E-state index in [9.17, 15) is 18.0 Å². The number of nitrogens with zero attached hydrogens (tertiary/aromatic N) is 1. The molecule has 2 aromatic carbocycles. The zero-order valence-electron chi connectivity index (χ0n) is 12.5. The van der Waals surface area contributed by atoms with Gasteiger partial charge in [0.25, 0.3) is 21.8 Å². The normalized spacial score (nSPS) is 14.1. The molecule has 0 atom stereocenters. The summed E-state index contributed by atoms with van der Waals surface area (Å²) in [5.74, 6) is -0.834. The van der Waals surface area contributed by atoms with E-state index in [1.54, 1.807) is 25.1 Å². The zero-order chi connectivity index (χ0) is 16.8. The Morgan fingerprint density at radius 3 is 2.35 bits per heavy atom. The summed E-state index contributed by atoms with van der Waals surface area (Å²) in [5.41, 5.74) is 1.53. The minimum absolute atomic E-state index is 0.137. The highest BCUT2D eigenvalue weighted by molar-refractivity contribution is 7.92. The number of carbonyl (C=O) groups excluding carboxylic acids is 2. The highest BCUT2D eigenvalue weighted by atomic mass is 32.2. The molecule has 6 nitrogen and oxygen atoms in total. The van der Waals surface area contributed by atoms with E-state index in [1.165, 1.54) is 31.3 Å². The number of anilines is 1. The van der Waals surface area contributed by atoms with Gasteiger partial charge in [0.1, 0.15) is 0 Å². The summed E-state index contributed by atoms with van der Waals surface area (Å²) in [7, 11) is -2.37. The van der Waals surface area contributed by atoms with E-state index in [0.717, 1.165) is 10.5 Å². The number of amides is 2. The molecule has 0 radical (unpaired) electrons. The predicted octanol–water partition coefficient (Wildman–Crippen LogP) is 2.02. The third-order valence-corrected chi connectivity index (χ3v) is 5.02. The topological polar surface area (TPSA) is 83.6 Å². The van der Waals surface area contributed by atoms with Gasteiger partial charge >= 0.3 is 0 Å². The molecule has 118 valence electrons. The fraction of sp³-hybridized carbons (Fsp3) is 0.125. The van der Waals surface area contributed by atoms with Gasteiger partial charge < -0.3 is 0 Å². The van der Waals surface area contributed by atoms with Crippen molar-refractivity contribution in [1.82, 2.24) is 4.90 Å². The highest BCUT2D eigenvalue weighted by Gasteiger charge is 2.33. The largest absolute Gasteiger partial charge is 0.280 e. The molecule has 1 aliphatic rings. The SMILES string of the molecule is Cc1cccc(S(=O)(=O)Nc2ccc3c(c2)C(=O)N(C)C3=O)c1. The molecule has 7 heteroatoms. The van der Waals surface area contributed by atoms with Crippen LogP contribution in [0.2, 0.25) is 0 Å². The summed E-state index contributed by atoms with van der Waals surface area (Å²) in [5, 5.41) is 0. The van der Waals surface area contributed by atoms with E-state index in [1.807, 2.05) is 0 Å². The number of sulfonamides is 1. The second-order valence-corrected chi connectivity index (χ2v) is 7.03. The smallest absolute Gasteiger partial charge is 0.261 e. The van der Waals surface area contributed by atoms with Crippen molar-refractivity contribution < 1.29 is 18.0 Å². The molecule has 23 heavy (non-hydrogen) atoms. The molecule has 0 aliphatic carbocycles. The Kier molecular flexibility index (Phi) is 3.45. The van der Waals surface area contributed by atoms with Gasteiger partial charge in [0.05, 0.1) is 16.0 Å². The molecule has 0 saturated heterocycles. The zero-order valence-corrected chi connectivity index (χ0v) is 13.3. The van der Waals surface area contributed by atoms with E-state index in [-0.39, 0.29) is 21.7 Å². The Balaban J connectivity index is 1.96. The van der Waals surface area contributed by atoms with Crippen molar-refractivity contribution in [2.45, 2.75) is 11.8 Å². The van der Waals surface area contributed by atoms with Gasteiger partial charge in [-0.2, -0.15) is 0 Å². The van der Waals surface area contributed by atoms with E-state index >= 15 is 0 Å². The first kappa shape index (κ1) is 15.2. The first-order chi connectivity index (χ1) is 10.8. The van der Waals surface area contributed by atoms with Gasteiger partial charge in [0.15, 0.2) is 0 Å². The molecule has 3 rings (SSSR count). The number of aryl methyl sites for hydroxylation is 1. The molecule has 2 amide bonds. The van der Waals surface area contributed by atoms with E-state index in [0.29, 0.717) is 0 Å². The summed E-state index contributed by atoms with van der Waals surface area (Å²) in [4.78, 5) is 24.9. The number of fused-ring (bicyclic) bond motifs is 1. The lowest BCUT2D eigenvalue weighted by atomic mass is 10.1. The lowest BCUT2D eigenvalue weighted by Gasteiger charge is -2.09. The third-order valence-electron chi connectivity index (χ3n) is 3.64. The molecule has 0 fully saturated rings. The van der Waals surface area contributed by atoms with Crippen LogP contribution in [0, 0.1) is 6.92 Å². The molecular formula is C16H14N2O4S. The molecule has 0 unspecified atom stereocenters. The number of imide groups is 1. The van der Waals surface area contributed by atoms with Crippen molar-refractivity contribution in [2.75, 3.05) is 11.8 Å². The van der Waals surface area contributed by atoms with Crippen LogP contribution in [-0.4, -0.2) is 32.2 Å². The van der Waals surface area contributed by atoms with E-state index < -0.39 is 21.8 Å². The van der Waals surface area contributed by atoms with Gasteiger partial charge in [-0.3, -0.25) is 19.2 Å². The minimum atomic E-state index is -3.76. The Bertz CT molecular complexity index is 935. The number of hydrogen-bond donors (Lipinski definition) is 1. The van der Waals surface area contributed by atoms with Crippen LogP contribution in [0.5, 0.6) is 0 Å². The van der Waals surface area contributed by atoms with Crippen LogP contribution in [0.15, 0.2) is 47.4 Å². The Morgan fingerprint density at radius 1 is 0.957 bits per heavy atom. The second-order valence-electron chi connectivity index (χ2n) is 5.35. The Morgan fingerprint density at radius 2 is 1.65 bits per heavy atom. The molecule has 0 aromatic heterocycles. The number of benzene rings is 2. The van der Waals surface area contributed by atoms with Crippen LogP contribution in [0.4, 0.5) is 5.69 Å². The quantitative estimate of drug-likeness (QED) is 0.873. The van der Waals surface area contributed by atoms with Gasteiger partial charge in [0.2, 0.25) is 0 Å². The first-order valence-corrected chi connectivity index (χ1v) is 8.34. The van der Waals surface area contributed by atoms with Crippen LogP contribution in [-0.2, 0) is 10.0 Å². The number of nitrogens with one attached hydrogen (secondary N) is 1. The van der Waals surface area contributed by atoms with Crippen molar-refractivity contribution in [2.24, 2.45) is 0 Å². The standard InChI is InChI=1S/C16H14N2O4S/c1-10-4-3-5-12(8-10)23(21,22)17-11-6-7-13-14(9-11)16(20)18(2)15(13)19/h3-9,17H,1-2H3. The number of carbonyl (C=O) groups is 2. The lowest BCUT2D eigenvalue weighted by molar-refractivity contribution is 0.0693. The first-order valence-electron chi connectivity index (χ1n) is 6.85. The molecule has 0 spiro atoms. The van der Waals surface area contributed by atoms with Crippen molar-refractivity contribution in [3.8, 4) is 0 Å². The van der Waals surface area contributed by atoms with Gasteiger partial charge in [-0.25, -0.2) is 8.42 Å². The Labute approximate surface area is 133 Å². The monoisotopic (exact) mass is 330 g/mol. The van der Waals surface area contributed by atoms with Crippen molar-refractivity contribution in [1.29, 1.82) is 0 Å². The summed E-state index contributed by atoms with van der Waals surface area (Å²) in [6, 6.07) is 10.8. The maximum absolute atomic E-state index is 12.4. The fourth-order valence-electron chi connectivity index (χ4n) is 2.42. The molecule has 0 saturated carbocycles. The van der Waals surface area contributed by atoms with Crippen molar-refractivity contribution in [3.63, 3.8) is 0 Å². The summed E-state index contributed by atoms with van der Waals surface area (Å²) in [6.07, 6.45) is 0. The molecular weight excluding hydrogens is 316 g/mol. The van der Waals surface area contributed by atoms with Crippen LogP contribution in [0.3, 0.4) is 0 Å². The van der Waals surface area contributed by atoms with E-state index in [4.69, 9.17) is 0 Å². The van der Waals surface area contributed by atoms with Crippen LogP contribution in [0.1, 0.15) is 26.3 Å². The van der Waals surface area contributed by atoms with Crippen LogP contribution < -0.4 is 4.72 Å². The molecule has 1 N–H and O–H groups in total. The minimum Gasteiger partial charge on any atom is -0.280 e. The maximum Gasteiger partial charge on any atom is 0.261 e. The van der Waals surface area contributed by atoms with Gasteiger partial charge in [-0.1, -0.05) is 12.1 Å². The van der Waals surface area contributed by atoms with Crippen molar-refractivity contribution >= 4 is 27.5 Å². The number of hydrogen-bond acceptors (Lipinski definition) is 4. The summed E-state index contributed by atoms with van der Waals surface area (Å²) in [6.45, 7) is 1.80. The summed E-state index contributed by atoms with van der Waals surface area (Å²) < 4.78 is 27.2. The summed E-state index contributed by atoms with van der Waals surface area (Å²) >= 11 is 0. The fourth-order valence-corrected chi connectivity index (χ4v) is 3.58. The van der Waals surface area contributed by atoms with Crippen molar-refractivity contribution in [3.05, 3.63) is 59.2 Å².